The van der Waals surface area contributed by atoms with Gasteiger partial charge in [-0.05, 0) is 31.6 Å². The zero-order valence-corrected chi connectivity index (χ0v) is 9.06. The number of esters is 2. The molecule has 0 heterocycles. The number of hydrogen-bond acceptors (Lipinski definition) is 4. The van der Waals surface area contributed by atoms with E-state index in [9.17, 15) is 9.59 Å². The van der Waals surface area contributed by atoms with Crippen LogP contribution in [0.5, 0.6) is 0 Å². The first-order valence-corrected chi connectivity index (χ1v) is 5.43. The van der Waals surface area contributed by atoms with E-state index in [1.54, 1.807) is 0 Å². The van der Waals surface area contributed by atoms with E-state index < -0.39 is 0 Å². The summed E-state index contributed by atoms with van der Waals surface area (Å²) in [6.07, 6.45) is 1.58. The van der Waals surface area contributed by atoms with Crippen molar-refractivity contribution in [3.8, 4) is 0 Å². The molecule has 0 radical (unpaired) electrons. The average molecular weight is 212 g/mol. The number of carbonyl (C=O) groups excluding carboxylic acids is 2. The summed E-state index contributed by atoms with van der Waals surface area (Å²) in [6, 6.07) is 0. The van der Waals surface area contributed by atoms with Crippen LogP contribution in [-0.2, 0) is 19.1 Å². The van der Waals surface area contributed by atoms with Gasteiger partial charge in [0.05, 0.1) is 25.6 Å². The minimum Gasteiger partial charge on any atom is -0.469 e. The number of rotatable bonds is 3. The Labute approximate surface area is 88.9 Å². The Morgan fingerprint density at radius 3 is 2.27 bits per heavy atom. The van der Waals surface area contributed by atoms with Gasteiger partial charge in [0.15, 0.2) is 0 Å². The molecule has 0 aromatic rings. The van der Waals surface area contributed by atoms with E-state index in [0.29, 0.717) is 18.4 Å². The van der Waals surface area contributed by atoms with Gasteiger partial charge in [0.25, 0.3) is 0 Å². The van der Waals surface area contributed by atoms with Gasteiger partial charge in [0.2, 0.25) is 0 Å². The Morgan fingerprint density at radius 1 is 1.20 bits per heavy atom. The summed E-state index contributed by atoms with van der Waals surface area (Å²) >= 11 is 0. The molecule has 2 aliphatic rings. The lowest BCUT2D eigenvalue weighted by atomic mass is 10.0. The van der Waals surface area contributed by atoms with Gasteiger partial charge < -0.3 is 9.47 Å². The van der Waals surface area contributed by atoms with Gasteiger partial charge >= 0.3 is 11.9 Å². The first-order chi connectivity index (χ1) is 7.19. The van der Waals surface area contributed by atoms with Crippen molar-refractivity contribution in [2.45, 2.75) is 19.8 Å². The van der Waals surface area contributed by atoms with Gasteiger partial charge in [-0.15, -0.1) is 0 Å². The van der Waals surface area contributed by atoms with Crippen molar-refractivity contribution >= 4 is 11.9 Å². The molecule has 4 atom stereocenters. The molecule has 0 aliphatic heterocycles. The molecule has 0 spiro atoms. The van der Waals surface area contributed by atoms with Gasteiger partial charge in [-0.3, -0.25) is 9.59 Å². The van der Waals surface area contributed by atoms with Crippen LogP contribution in [0, 0.1) is 23.7 Å². The number of ether oxygens (including phenoxy) is 2. The molecule has 84 valence electrons. The second-order valence-electron chi connectivity index (χ2n) is 4.30. The van der Waals surface area contributed by atoms with Crippen LogP contribution in [0.3, 0.4) is 0 Å². The van der Waals surface area contributed by atoms with Crippen molar-refractivity contribution < 1.29 is 19.1 Å². The molecule has 2 fully saturated rings. The molecule has 0 aromatic carbocycles. The summed E-state index contributed by atoms with van der Waals surface area (Å²) in [5.41, 5.74) is 0. The quantitative estimate of drug-likeness (QED) is 0.655. The molecule has 15 heavy (non-hydrogen) atoms. The zero-order valence-electron chi connectivity index (χ0n) is 9.06. The van der Waals surface area contributed by atoms with Crippen LogP contribution in [0.4, 0.5) is 0 Å². The third-order valence-electron chi connectivity index (χ3n) is 3.54. The van der Waals surface area contributed by atoms with Crippen molar-refractivity contribution in [1.82, 2.24) is 0 Å². The van der Waals surface area contributed by atoms with Crippen LogP contribution in [-0.4, -0.2) is 25.7 Å². The molecule has 2 saturated carbocycles. The summed E-state index contributed by atoms with van der Waals surface area (Å²) in [5.74, 6) is 0.587. The Balaban J connectivity index is 1.83. The third-order valence-corrected chi connectivity index (χ3v) is 3.54. The van der Waals surface area contributed by atoms with E-state index in [4.69, 9.17) is 9.47 Å². The topological polar surface area (TPSA) is 52.6 Å². The highest BCUT2D eigenvalue weighted by Gasteiger charge is 2.61. The largest absolute Gasteiger partial charge is 0.469 e. The van der Waals surface area contributed by atoms with E-state index in [2.05, 4.69) is 0 Å². The SMILES string of the molecule is CCOC(=O)[C@@H]1[C@@H]2C[C@@H](C(=O)OC)C[C@@H]21. The molecule has 0 bridgehead atoms. The smallest absolute Gasteiger partial charge is 0.309 e. The minimum atomic E-state index is -0.134. The molecule has 4 nitrogen and oxygen atoms in total. The minimum absolute atomic E-state index is 0.00989. The molecule has 0 N–H and O–H groups in total. The van der Waals surface area contributed by atoms with E-state index in [1.165, 1.54) is 7.11 Å². The van der Waals surface area contributed by atoms with Crippen molar-refractivity contribution in [2.75, 3.05) is 13.7 Å². The molecule has 0 saturated heterocycles. The maximum absolute atomic E-state index is 11.4. The Morgan fingerprint density at radius 2 is 1.80 bits per heavy atom. The van der Waals surface area contributed by atoms with Crippen molar-refractivity contribution in [3.63, 3.8) is 0 Å². The van der Waals surface area contributed by atoms with Crippen molar-refractivity contribution in [2.24, 2.45) is 23.7 Å². The fraction of sp³-hybridized carbons (Fsp3) is 0.818. The lowest BCUT2D eigenvalue weighted by molar-refractivity contribution is -0.149. The highest BCUT2D eigenvalue weighted by molar-refractivity contribution is 5.79. The van der Waals surface area contributed by atoms with Crippen LogP contribution in [0.15, 0.2) is 0 Å². The summed E-state index contributed by atoms with van der Waals surface area (Å²) in [4.78, 5) is 22.7. The maximum atomic E-state index is 11.4. The molecule has 2 rings (SSSR count). The predicted molar refractivity (Wildman–Crippen MR) is 51.8 cm³/mol. The van der Waals surface area contributed by atoms with Crippen LogP contribution in [0.1, 0.15) is 19.8 Å². The van der Waals surface area contributed by atoms with Crippen LogP contribution >= 0.6 is 0 Å². The van der Waals surface area contributed by atoms with Gasteiger partial charge in [-0.1, -0.05) is 0 Å². The monoisotopic (exact) mass is 212 g/mol. The highest BCUT2D eigenvalue weighted by atomic mass is 16.5. The Kier molecular flexibility index (Phi) is 2.67. The summed E-state index contributed by atoms with van der Waals surface area (Å²) < 4.78 is 9.66. The maximum Gasteiger partial charge on any atom is 0.309 e. The number of methoxy groups -OCH3 is 1. The fourth-order valence-corrected chi connectivity index (χ4v) is 2.79. The molecular weight excluding hydrogens is 196 g/mol. The first-order valence-electron chi connectivity index (χ1n) is 5.43. The lowest BCUT2D eigenvalue weighted by Gasteiger charge is -2.10. The van der Waals surface area contributed by atoms with Crippen molar-refractivity contribution in [3.05, 3.63) is 0 Å². The highest BCUT2D eigenvalue weighted by Crippen LogP contribution is 2.60. The second-order valence-corrected chi connectivity index (χ2v) is 4.30. The predicted octanol–water partition coefficient (Wildman–Crippen LogP) is 0.995. The van der Waals surface area contributed by atoms with Crippen LogP contribution in [0.25, 0.3) is 0 Å². The first kappa shape index (κ1) is 10.5. The number of hydrogen-bond donors (Lipinski definition) is 0. The third kappa shape index (κ3) is 1.73. The van der Waals surface area contributed by atoms with Gasteiger partial charge in [0, 0.05) is 0 Å². The van der Waals surface area contributed by atoms with Gasteiger partial charge in [-0.2, -0.15) is 0 Å². The van der Waals surface area contributed by atoms with E-state index in [1.807, 2.05) is 6.92 Å². The van der Waals surface area contributed by atoms with Gasteiger partial charge in [-0.25, -0.2) is 0 Å². The summed E-state index contributed by atoms with van der Waals surface area (Å²) in [7, 11) is 1.41. The van der Waals surface area contributed by atoms with Crippen LogP contribution in [0.2, 0.25) is 0 Å². The fourth-order valence-electron chi connectivity index (χ4n) is 2.79. The molecular formula is C11H16O4. The van der Waals surface area contributed by atoms with E-state index in [-0.39, 0.29) is 23.8 Å². The molecule has 2 aliphatic carbocycles. The van der Waals surface area contributed by atoms with Crippen molar-refractivity contribution in [1.29, 1.82) is 0 Å². The standard InChI is InChI=1S/C11H16O4/c1-3-15-11(13)9-7-4-6(5-8(7)9)10(12)14-2/h6-9H,3-5H2,1-2H3/t6-,7-,8+,9-. The zero-order chi connectivity index (χ0) is 11.0. The van der Waals surface area contributed by atoms with E-state index >= 15 is 0 Å². The van der Waals surface area contributed by atoms with Crippen LogP contribution < -0.4 is 0 Å². The molecule has 0 unspecified atom stereocenters. The Bertz CT molecular complexity index is 274. The normalized spacial score (nSPS) is 36.9. The molecule has 0 aromatic heterocycles. The second kappa shape index (κ2) is 3.83. The molecule has 4 heteroatoms. The Hall–Kier alpha value is -1.06. The molecule has 0 amide bonds. The number of carbonyl (C=O) groups is 2. The van der Waals surface area contributed by atoms with Gasteiger partial charge in [0.1, 0.15) is 0 Å². The summed E-state index contributed by atoms with van der Waals surface area (Å²) in [5, 5.41) is 0. The average Bonchev–Trinajstić information content (AvgIpc) is 2.73. The number of fused-ring (bicyclic) bond motifs is 1. The summed E-state index contributed by atoms with van der Waals surface area (Å²) in [6.45, 7) is 2.25. The van der Waals surface area contributed by atoms with E-state index in [0.717, 1.165) is 12.8 Å². The lowest BCUT2D eigenvalue weighted by Crippen LogP contribution is -2.18.